The summed E-state index contributed by atoms with van der Waals surface area (Å²) < 4.78 is 0. The second kappa shape index (κ2) is 7.78. The molecular weight excluding hydrogens is 336 g/mol. The Morgan fingerprint density at radius 2 is 1.85 bits per heavy atom. The zero-order valence-electron chi connectivity index (χ0n) is 15.4. The molecule has 4 heteroatoms. The number of amides is 1. The summed E-state index contributed by atoms with van der Waals surface area (Å²) in [6.45, 7) is 0.577. The maximum atomic E-state index is 12.4. The van der Waals surface area contributed by atoms with Crippen LogP contribution in [0.3, 0.4) is 0 Å². The summed E-state index contributed by atoms with van der Waals surface area (Å²) in [4.78, 5) is 27.7. The van der Waals surface area contributed by atoms with Crippen LogP contribution in [0.1, 0.15) is 46.3 Å². The molecule has 1 amide bonds. The molecule has 0 radical (unpaired) electrons. The van der Waals surface area contributed by atoms with E-state index in [1.165, 1.54) is 28.5 Å². The van der Waals surface area contributed by atoms with Gasteiger partial charge in [0.25, 0.3) is 0 Å². The molecule has 138 valence electrons. The first-order valence-corrected chi connectivity index (χ1v) is 9.67. The first-order valence-electron chi connectivity index (χ1n) is 9.67. The average Bonchev–Trinajstić information content (AvgIpc) is 3.32. The van der Waals surface area contributed by atoms with Crippen LogP contribution in [0.15, 0.2) is 48.7 Å². The molecule has 2 aromatic carbocycles. The van der Waals surface area contributed by atoms with Crippen LogP contribution in [0.4, 0.5) is 0 Å². The highest BCUT2D eigenvalue weighted by molar-refractivity contribution is 5.98. The average molecular weight is 360 g/mol. The van der Waals surface area contributed by atoms with Crippen LogP contribution in [-0.2, 0) is 24.1 Å². The fraction of sp³-hybridized carbons (Fsp3) is 0.304. The highest BCUT2D eigenvalue weighted by Crippen LogP contribution is 2.23. The topological polar surface area (TPSA) is 62.0 Å². The number of ketones is 1. The van der Waals surface area contributed by atoms with Crippen LogP contribution in [0.5, 0.6) is 0 Å². The van der Waals surface area contributed by atoms with Gasteiger partial charge in [0.05, 0.1) is 0 Å². The number of para-hydroxylation sites is 1. The lowest BCUT2D eigenvalue weighted by Crippen LogP contribution is -2.26. The zero-order valence-corrected chi connectivity index (χ0v) is 15.4. The molecule has 0 bridgehead atoms. The molecule has 3 aromatic rings. The summed E-state index contributed by atoms with van der Waals surface area (Å²) in [5.41, 5.74) is 5.70. The predicted octanol–water partition coefficient (Wildman–Crippen LogP) is 3.98. The van der Waals surface area contributed by atoms with Crippen molar-refractivity contribution in [1.82, 2.24) is 10.3 Å². The van der Waals surface area contributed by atoms with Gasteiger partial charge in [-0.05, 0) is 54.5 Å². The maximum absolute atomic E-state index is 12.4. The van der Waals surface area contributed by atoms with Crippen LogP contribution >= 0.6 is 0 Å². The van der Waals surface area contributed by atoms with E-state index >= 15 is 0 Å². The number of aromatic nitrogens is 1. The number of aryl methyl sites for hydroxylation is 2. The van der Waals surface area contributed by atoms with Gasteiger partial charge in [0.2, 0.25) is 5.91 Å². The minimum absolute atomic E-state index is 0.0523. The van der Waals surface area contributed by atoms with Crippen LogP contribution in [0.25, 0.3) is 10.9 Å². The van der Waals surface area contributed by atoms with E-state index < -0.39 is 0 Å². The van der Waals surface area contributed by atoms with Crippen LogP contribution in [-0.4, -0.2) is 23.2 Å². The van der Waals surface area contributed by atoms with E-state index in [9.17, 15) is 9.59 Å². The fourth-order valence-electron chi connectivity index (χ4n) is 3.88. The van der Waals surface area contributed by atoms with E-state index in [0.717, 1.165) is 30.3 Å². The van der Waals surface area contributed by atoms with Crippen LogP contribution in [0, 0.1) is 0 Å². The van der Waals surface area contributed by atoms with Gasteiger partial charge in [0, 0.05) is 42.0 Å². The first-order chi connectivity index (χ1) is 13.2. The van der Waals surface area contributed by atoms with Gasteiger partial charge in [-0.1, -0.05) is 30.3 Å². The molecule has 0 saturated heterocycles. The highest BCUT2D eigenvalue weighted by Gasteiger charge is 2.15. The smallest absolute Gasteiger partial charge is 0.220 e. The Morgan fingerprint density at radius 1 is 1.00 bits per heavy atom. The molecule has 2 N–H and O–H groups in total. The minimum Gasteiger partial charge on any atom is -0.361 e. The molecule has 27 heavy (non-hydrogen) atoms. The number of aromatic amines is 1. The minimum atomic E-state index is -0.0654. The van der Waals surface area contributed by atoms with Gasteiger partial charge < -0.3 is 10.3 Å². The molecular formula is C23H24N2O2. The van der Waals surface area contributed by atoms with Crippen LogP contribution in [0.2, 0.25) is 0 Å². The van der Waals surface area contributed by atoms with Gasteiger partial charge in [-0.15, -0.1) is 0 Å². The third-order valence-corrected chi connectivity index (χ3v) is 5.39. The van der Waals surface area contributed by atoms with Crippen LogP contribution < -0.4 is 5.32 Å². The number of H-pyrrole nitrogens is 1. The number of hydrogen-bond donors (Lipinski definition) is 2. The number of hydrogen-bond acceptors (Lipinski definition) is 2. The van der Waals surface area contributed by atoms with Crippen molar-refractivity contribution in [3.8, 4) is 0 Å². The quantitative estimate of drug-likeness (QED) is 0.626. The molecule has 0 saturated carbocycles. The summed E-state index contributed by atoms with van der Waals surface area (Å²) in [5.74, 6) is -0.0131. The first kappa shape index (κ1) is 17.5. The maximum Gasteiger partial charge on any atom is 0.220 e. The molecule has 0 aliphatic heterocycles. The standard InChI is InChI=1S/C23H24N2O2/c26-22(18-9-8-16-4-3-5-17(16)14-18)10-11-23(27)24-13-12-19-15-25-21-7-2-1-6-20(19)21/h1-2,6-9,14-15,25H,3-5,10-13H2,(H,24,27). The second-order valence-corrected chi connectivity index (χ2v) is 7.22. The van der Waals surface area contributed by atoms with Crippen molar-refractivity contribution in [3.05, 3.63) is 70.9 Å². The van der Waals surface area contributed by atoms with Crippen molar-refractivity contribution in [2.75, 3.05) is 6.54 Å². The number of rotatable bonds is 7. The van der Waals surface area contributed by atoms with Gasteiger partial charge >= 0.3 is 0 Å². The number of benzene rings is 2. The van der Waals surface area contributed by atoms with Crippen molar-refractivity contribution in [1.29, 1.82) is 0 Å². The third-order valence-electron chi connectivity index (χ3n) is 5.39. The molecule has 4 nitrogen and oxygen atoms in total. The number of carbonyl (C=O) groups is 2. The Bertz CT molecular complexity index is 987. The Hall–Kier alpha value is -2.88. The largest absolute Gasteiger partial charge is 0.361 e. The van der Waals surface area contributed by atoms with Gasteiger partial charge in [0.15, 0.2) is 5.78 Å². The Labute approximate surface area is 159 Å². The summed E-state index contributed by atoms with van der Waals surface area (Å²) in [6.07, 6.45) is 6.61. The van der Waals surface area contributed by atoms with Crippen molar-refractivity contribution < 1.29 is 9.59 Å². The van der Waals surface area contributed by atoms with E-state index in [-0.39, 0.29) is 24.5 Å². The van der Waals surface area contributed by atoms with Gasteiger partial charge in [-0.3, -0.25) is 9.59 Å². The van der Waals surface area contributed by atoms with E-state index in [0.29, 0.717) is 6.54 Å². The molecule has 1 aliphatic carbocycles. The molecule has 4 rings (SSSR count). The number of Topliss-reactive ketones (excluding diaryl/α,β-unsaturated/α-hetero) is 1. The van der Waals surface area contributed by atoms with E-state index in [2.05, 4.69) is 22.4 Å². The summed E-state index contributed by atoms with van der Waals surface area (Å²) in [6, 6.07) is 14.1. The van der Waals surface area contributed by atoms with Gasteiger partial charge in [0.1, 0.15) is 0 Å². The summed E-state index contributed by atoms with van der Waals surface area (Å²) in [7, 11) is 0. The number of fused-ring (bicyclic) bond motifs is 2. The summed E-state index contributed by atoms with van der Waals surface area (Å²) >= 11 is 0. The predicted molar refractivity (Wildman–Crippen MR) is 107 cm³/mol. The highest BCUT2D eigenvalue weighted by atomic mass is 16.2. The molecule has 1 aromatic heterocycles. The molecule has 0 fully saturated rings. The lowest BCUT2D eigenvalue weighted by atomic mass is 10.0. The van der Waals surface area contributed by atoms with E-state index in [1.54, 1.807) is 0 Å². The molecule has 0 spiro atoms. The Morgan fingerprint density at radius 3 is 2.78 bits per heavy atom. The molecule has 1 heterocycles. The second-order valence-electron chi connectivity index (χ2n) is 7.22. The van der Waals surface area contributed by atoms with Crippen molar-refractivity contribution in [2.24, 2.45) is 0 Å². The normalized spacial score (nSPS) is 12.9. The van der Waals surface area contributed by atoms with Crippen molar-refractivity contribution in [2.45, 2.75) is 38.5 Å². The lowest BCUT2D eigenvalue weighted by molar-refractivity contribution is -0.121. The fourth-order valence-corrected chi connectivity index (χ4v) is 3.88. The number of nitrogens with one attached hydrogen (secondary N) is 2. The molecule has 1 aliphatic rings. The zero-order chi connectivity index (χ0) is 18.6. The number of carbonyl (C=O) groups excluding carboxylic acids is 2. The van der Waals surface area contributed by atoms with E-state index in [1.807, 2.05) is 36.5 Å². The Kier molecular flexibility index (Phi) is 5.05. The van der Waals surface area contributed by atoms with Crippen molar-refractivity contribution in [3.63, 3.8) is 0 Å². The van der Waals surface area contributed by atoms with E-state index in [4.69, 9.17) is 0 Å². The van der Waals surface area contributed by atoms with Gasteiger partial charge in [-0.25, -0.2) is 0 Å². The third kappa shape index (κ3) is 3.95. The Balaban J connectivity index is 1.24. The lowest BCUT2D eigenvalue weighted by Gasteiger charge is -2.06. The molecule has 0 atom stereocenters. The summed E-state index contributed by atoms with van der Waals surface area (Å²) in [5, 5.41) is 4.12. The SMILES string of the molecule is O=C(CCC(=O)c1ccc2c(c1)CCC2)NCCc1c[nH]c2ccccc12. The molecule has 0 unspecified atom stereocenters. The van der Waals surface area contributed by atoms with Crippen molar-refractivity contribution >= 4 is 22.6 Å². The monoisotopic (exact) mass is 360 g/mol. The van der Waals surface area contributed by atoms with Gasteiger partial charge in [-0.2, -0.15) is 0 Å².